The zero-order chi connectivity index (χ0) is 26.8. The van der Waals surface area contributed by atoms with Crippen molar-refractivity contribution in [2.24, 2.45) is 0 Å². The van der Waals surface area contributed by atoms with E-state index in [4.69, 9.17) is 4.74 Å². The molecule has 3 heterocycles. The topological polar surface area (TPSA) is 88.8 Å². The molecule has 9 heteroatoms. The Morgan fingerprint density at radius 2 is 2.00 bits per heavy atom. The SMILES string of the molecule is CCOC(=O)/C=C/c1ccc(-c2cc3nc(C(=O)N4CCc5ccccc5C4C)cc(NC)n3n2)c(F)c1. The van der Waals surface area contributed by atoms with Gasteiger partial charge in [0.1, 0.15) is 17.3 Å². The standard InChI is InChI=1S/C29H28FN5O3/c1-4-38-28(36)12-10-19-9-11-22(23(30)15-19)24-16-27-32-25(17-26(31-3)35(27)33-24)29(37)34-14-13-20-7-5-6-8-21(20)18(34)2/h5-12,15-18,31H,4,13-14H2,1-3H3/b12-10+. The molecule has 1 unspecified atom stereocenters. The molecule has 2 aromatic carbocycles. The number of aromatic nitrogens is 3. The maximum Gasteiger partial charge on any atom is 0.330 e. The van der Waals surface area contributed by atoms with Gasteiger partial charge in [-0.05, 0) is 55.2 Å². The Morgan fingerprint density at radius 3 is 2.76 bits per heavy atom. The van der Waals surface area contributed by atoms with Crippen molar-refractivity contribution in [1.29, 1.82) is 0 Å². The second-order valence-electron chi connectivity index (χ2n) is 9.02. The number of nitrogens with zero attached hydrogens (tertiary/aromatic N) is 4. The second-order valence-corrected chi connectivity index (χ2v) is 9.02. The van der Waals surface area contributed by atoms with Gasteiger partial charge in [0.05, 0.1) is 18.3 Å². The molecule has 0 saturated carbocycles. The van der Waals surface area contributed by atoms with Crippen molar-refractivity contribution in [3.8, 4) is 11.3 Å². The largest absolute Gasteiger partial charge is 0.463 e. The van der Waals surface area contributed by atoms with Crippen molar-refractivity contribution in [2.45, 2.75) is 26.3 Å². The molecular weight excluding hydrogens is 485 g/mol. The highest BCUT2D eigenvalue weighted by Gasteiger charge is 2.29. The monoisotopic (exact) mass is 513 g/mol. The predicted molar refractivity (Wildman–Crippen MR) is 143 cm³/mol. The lowest BCUT2D eigenvalue weighted by Gasteiger charge is -2.35. The van der Waals surface area contributed by atoms with Gasteiger partial charge >= 0.3 is 5.97 Å². The van der Waals surface area contributed by atoms with Gasteiger partial charge in [0.2, 0.25) is 0 Å². The second kappa shape index (κ2) is 10.5. The van der Waals surface area contributed by atoms with Gasteiger partial charge in [-0.25, -0.2) is 14.2 Å². The summed E-state index contributed by atoms with van der Waals surface area (Å²) in [6.07, 6.45) is 3.54. The van der Waals surface area contributed by atoms with E-state index in [1.807, 2.05) is 24.0 Å². The van der Waals surface area contributed by atoms with Crippen molar-refractivity contribution >= 4 is 29.4 Å². The fourth-order valence-electron chi connectivity index (χ4n) is 4.79. The fraction of sp³-hybridized carbons (Fsp3) is 0.241. The third kappa shape index (κ3) is 4.74. The van der Waals surface area contributed by atoms with Gasteiger partial charge in [-0.2, -0.15) is 9.61 Å². The van der Waals surface area contributed by atoms with Crippen LogP contribution in [0.15, 0.2) is 60.7 Å². The Bertz CT molecular complexity index is 1560. The summed E-state index contributed by atoms with van der Waals surface area (Å²) in [6, 6.07) is 16.0. The van der Waals surface area contributed by atoms with Crippen LogP contribution in [0.25, 0.3) is 23.0 Å². The molecule has 8 nitrogen and oxygen atoms in total. The Morgan fingerprint density at radius 1 is 1.18 bits per heavy atom. The molecule has 5 rings (SSSR count). The number of halogens is 1. The van der Waals surface area contributed by atoms with Crippen LogP contribution in [0.3, 0.4) is 0 Å². The molecule has 4 aromatic rings. The number of fused-ring (bicyclic) bond motifs is 2. The summed E-state index contributed by atoms with van der Waals surface area (Å²) in [5.74, 6) is -0.597. The molecular formula is C29H28FN5O3. The van der Waals surface area contributed by atoms with Gasteiger partial charge < -0.3 is 15.0 Å². The third-order valence-corrected chi connectivity index (χ3v) is 6.73. The summed E-state index contributed by atoms with van der Waals surface area (Å²) in [4.78, 5) is 31.5. The lowest BCUT2D eigenvalue weighted by atomic mass is 9.93. The summed E-state index contributed by atoms with van der Waals surface area (Å²) in [7, 11) is 1.73. The predicted octanol–water partition coefficient (Wildman–Crippen LogP) is 4.91. The van der Waals surface area contributed by atoms with E-state index in [1.165, 1.54) is 23.8 Å². The first-order chi connectivity index (χ1) is 18.4. The van der Waals surface area contributed by atoms with E-state index in [0.29, 0.717) is 35.0 Å². The van der Waals surface area contributed by atoms with Crippen LogP contribution in [-0.2, 0) is 16.0 Å². The van der Waals surface area contributed by atoms with Crippen LogP contribution in [0.5, 0.6) is 0 Å². The number of anilines is 1. The summed E-state index contributed by atoms with van der Waals surface area (Å²) in [5.41, 5.74) is 4.28. The number of hydrogen-bond acceptors (Lipinski definition) is 6. The molecule has 38 heavy (non-hydrogen) atoms. The minimum atomic E-state index is -0.498. The van der Waals surface area contributed by atoms with Crippen molar-refractivity contribution in [3.63, 3.8) is 0 Å². The van der Waals surface area contributed by atoms with E-state index in [1.54, 1.807) is 42.8 Å². The van der Waals surface area contributed by atoms with E-state index >= 15 is 4.39 Å². The van der Waals surface area contributed by atoms with E-state index in [-0.39, 0.29) is 24.1 Å². The molecule has 0 radical (unpaired) electrons. The Hall–Kier alpha value is -4.53. The van der Waals surface area contributed by atoms with E-state index < -0.39 is 11.8 Å². The highest BCUT2D eigenvalue weighted by Crippen LogP contribution is 2.31. The molecule has 0 spiro atoms. The van der Waals surface area contributed by atoms with Crippen LogP contribution in [0.4, 0.5) is 10.2 Å². The molecule has 1 aliphatic rings. The fourth-order valence-corrected chi connectivity index (χ4v) is 4.79. The quantitative estimate of drug-likeness (QED) is 0.291. The number of esters is 1. The van der Waals surface area contributed by atoms with Gasteiger partial charge in [0, 0.05) is 37.4 Å². The molecule has 1 amide bonds. The lowest BCUT2D eigenvalue weighted by molar-refractivity contribution is -0.137. The maximum atomic E-state index is 15.0. The smallest absolute Gasteiger partial charge is 0.330 e. The summed E-state index contributed by atoms with van der Waals surface area (Å²) >= 11 is 0. The van der Waals surface area contributed by atoms with Gasteiger partial charge in [-0.3, -0.25) is 4.79 Å². The van der Waals surface area contributed by atoms with Crippen LogP contribution >= 0.6 is 0 Å². The summed E-state index contributed by atoms with van der Waals surface area (Å²) in [5, 5.41) is 7.60. The molecule has 1 N–H and O–H groups in total. The minimum absolute atomic E-state index is 0.0746. The van der Waals surface area contributed by atoms with Crippen molar-refractivity contribution in [3.05, 3.63) is 88.9 Å². The van der Waals surface area contributed by atoms with Gasteiger partial charge in [0.15, 0.2) is 5.65 Å². The van der Waals surface area contributed by atoms with Gasteiger partial charge in [0.25, 0.3) is 5.91 Å². The van der Waals surface area contributed by atoms with Gasteiger partial charge in [-0.1, -0.05) is 30.3 Å². The molecule has 0 bridgehead atoms. The first-order valence-electron chi connectivity index (χ1n) is 12.5. The zero-order valence-corrected chi connectivity index (χ0v) is 21.4. The van der Waals surface area contributed by atoms with E-state index in [2.05, 4.69) is 27.5 Å². The molecule has 2 aromatic heterocycles. The minimum Gasteiger partial charge on any atom is -0.463 e. The molecule has 1 aliphatic heterocycles. The first-order valence-corrected chi connectivity index (χ1v) is 12.5. The highest BCUT2D eigenvalue weighted by atomic mass is 19.1. The summed E-state index contributed by atoms with van der Waals surface area (Å²) < 4.78 is 21.4. The molecule has 0 saturated heterocycles. The maximum absolute atomic E-state index is 15.0. The van der Waals surface area contributed by atoms with Crippen LogP contribution in [0.2, 0.25) is 0 Å². The Balaban J connectivity index is 1.45. The number of benzene rings is 2. The van der Waals surface area contributed by atoms with Crippen molar-refractivity contribution in [2.75, 3.05) is 25.5 Å². The number of nitrogens with one attached hydrogen (secondary N) is 1. The van der Waals surface area contributed by atoms with Crippen LogP contribution in [-0.4, -0.2) is 51.6 Å². The summed E-state index contributed by atoms with van der Waals surface area (Å²) in [6.45, 7) is 4.62. The molecule has 0 aliphatic carbocycles. The average molecular weight is 514 g/mol. The number of carbonyl (C=O) groups is 2. The van der Waals surface area contributed by atoms with Crippen LogP contribution in [0.1, 0.15) is 47.1 Å². The third-order valence-electron chi connectivity index (χ3n) is 6.73. The van der Waals surface area contributed by atoms with Crippen LogP contribution in [0, 0.1) is 5.82 Å². The lowest BCUT2D eigenvalue weighted by Crippen LogP contribution is -2.39. The number of ether oxygens (including phenoxy) is 1. The highest BCUT2D eigenvalue weighted by molar-refractivity contribution is 5.94. The zero-order valence-electron chi connectivity index (χ0n) is 21.4. The number of amides is 1. The molecule has 194 valence electrons. The molecule has 0 fully saturated rings. The number of hydrogen-bond donors (Lipinski definition) is 1. The average Bonchev–Trinajstić information content (AvgIpc) is 3.35. The van der Waals surface area contributed by atoms with Crippen LogP contribution < -0.4 is 5.32 Å². The van der Waals surface area contributed by atoms with Gasteiger partial charge in [-0.15, -0.1) is 0 Å². The van der Waals surface area contributed by atoms with Crippen molar-refractivity contribution < 1.29 is 18.7 Å². The van der Waals surface area contributed by atoms with E-state index in [0.717, 1.165) is 12.0 Å². The number of rotatable bonds is 6. The van der Waals surface area contributed by atoms with Crippen molar-refractivity contribution in [1.82, 2.24) is 19.5 Å². The first kappa shape index (κ1) is 25.1. The van der Waals surface area contributed by atoms with E-state index in [9.17, 15) is 9.59 Å². The number of carbonyl (C=O) groups excluding carboxylic acids is 2. The Labute approximate surface area is 219 Å². The Kier molecular flexibility index (Phi) is 6.91. The molecule has 1 atom stereocenters. The normalized spacial score (nSPS) is 15.1.